The van der Waals surface area contributed by atoms with E-state index in [1.807, 2.05) is 18.2 Å². The lowest BCUT2D eigenvalue weighted by Crippen LogP contribution is -2.55. The minimum atomic E-state index is 0. The minimum Gasteiger partial charge on any atom is -0.355 e. The maximum absolute atomic E-state index is 6.07. The fourth-order valence-corrected chi connectivity index (χ4v) is 2.99. The Kier molecular flexibility index (Phi) is 9.33. The van der Waals surface area contributed by atoms with Crippen molar-refractivity contribution < 1.29 is 0 Å². The molecule has 1 heterocycles. The van der Waals surface area contributed by atoms with Gasteiger partial charge in [0.05, 0.1) is 6.04 Å². The van der Waals surface area contributed by atoms with Crippen LogP contribution in [0.25, 0.3) is 0 Å². The SMILES string of the molecule is CN=C(NCC1CN(C)CCN1C)NC(C)c1cccc(Cl)c1.I. The maximum atomic E-state index is 6.07. The van der Waals surface area contributed by atoms with Crippen LogP contribution in [0.1, 0.15) is 18.5 Å². The molecule has 0 radical (unpaired) electrons. The van der Waals surface area contributed by atoms with Gasteiger partial charge in [0.15, 0.2) is 5.96 Å². The number of aliphatic imine (C=N–C) groups is 1. The number of guanidine groups is 1. The molecule has 0 aliphatic carbocycles. The van der Waals surface area contributed by atoms with Gasteiger partial charge in [0, 0.05) is 44.3 Å². The van der Waals surface area contributed by atoms with Crippen LogP contribution in [0, 0.1) is 0 Å². The molecule has 0 spiro atoms. The zero-order valence-electron chi connectivity index (χ0n) is 14.9. The van der Waals surface area contributed by atoms with Crippen LogP contribution in [-0.4, -0.2) is 69.1 Å². The van der Waals surface area contributed by atoms with Gasteiger partial charge < -0.3 is 15.5 Å². The molecule has 24 heavy (non-hydrogen) atoms. The lowest BCUT2D eigenvalue weighted by atomic mass is 10.1. The Bertz CT molecular complexity index is 539. The second-order valence-corrected chi connectivity index (χ2v) is 6.71. The highest BCUT2D eigenvalue weighted by atomic mass is 127. The van der Waals surface area contributed by atoms with Crippen molar-refractivity contribution in [3.63, 3.8) is 0 Å². The topological polar surface area (TPSA) is 42.9 Å². The smallest absolute Gasteiger partial charge is 0.191 e. The molecule has 1 fully saturated rings. The average molecular weight is 466 g/mol. The number of benzene rings is 1. The summed E-state index contributed by atoms with van der Waals surface area (Å²) in [5, 5.41) is 7.62. The van der Waals surface area contributed by atoms with E-state index in [9.17, 15) is 0 Å². The van der Waals surface area contributed by atoms with Crippen molar-refractivity contribution in [2.24, 2.45) is 4.99 Å². The fraction of sp³-hybridized carbons (Fsp3) is 0.588. The van der Waals surface area contributed by atoms with E-state index in [2.05, 4.69) is 52.5 Å². The molecule has 2 atom stereocenters. The van der Waals surface area contributed by atoms with E-state index >= 15 is 0 Å². The van der Waals surface area contributed by atoms with Crippen LogP contribution in [0.15, 0.2) is 29.3 Å². The number of nitrogens with zero attached hydrogens (tertiary/aromatic N) is 3. The maximum Gasteiger partial charge on any atom is 0.191 e. The number of piperazine rings is 1. The zero-order chi connectivity index (χ0) is 16.8. The molecule has 1 saturated heterocycles. The fourth-order valence-electron chi connectivity index (χ4n) is 2.80. The van der Waals surface area contributed by atoms with E-state index in [1.54, 1.807) is 7.05 Å². The Morgan fingerprint density at radius 1 is 1.38 bits per heavy atom. The summed E-state index contributed by atoms with van der Waals surface area (Å²) in [4.78, 5) is 9.11. The van der Waals surface area contributed by atoms with Crippen molar-refractivity contribution in [1.29, 1.82) is 0 Å². The second-order valence-electron chi connectivity index (χ2n) is 6.27. The number of hydrogen-bond donors (Lipinski definition) is 2. The summed E-state index contributed by atoms with van der Waals surface area (Å²) < 4.78 is 0. The number of nitrogens with one attached hydrogen (secondary N) is 2. The molecule has 0 bridgehead atoms. The van der Waals surface area contributed by atoms with E-state index in [1.165, 1.54) is 0 Å². The molecule has 136 valence electrons. The van der Waals surface area contributed by atoms with Gasteiger partial charge in [0.2, 0.25) is 0 Å². The number of halogens is 2. The first kappa shape index (κ1) is 21.5. The second kappa shape index (κ2) is 10.4. The van der Waals surface area contributed by atoms with Gasteiger partial charge in [-0.3, -0.25) is 9.89 Å². The summed E-state index contributed by atoms with van der Waals surface area (Å²) in [7, 11) is 6.16. The molecule has 1 aromatic rings. The monoisotopic (exact) mass is 465 g/mol. The van der Waals surface area contributed by atoms with E-state index < -0.39 is 0 Å². The minimum absolute atomic E-state index is 0. The Morgan fingerprint density at radius 2 is 2.12 bits per heavy atom. The van der Waals surface area contributed by atoms with Crippen molar-refractivity contribution in [2.75, 3.05) is 47.3 Å². The molecule has 7 heteroatoms. The van der Waals surface area contributed by atoms with Crippen LogP contribution in [-0.2, 0) is 0 Å². The summed E-state index contributed by atoms with van der Waals surface area (Å²) >= 11 is 6.07. The molecule has 0 amide bonds. The van der Waals surface area contributed by atoms with Crippen LogP contribution in [0.4, 0.5) is 0 Å². The summed E-state index contributed by atoms with van der Waals surface area (Å²) in [6, 6.07) is 8.55. The molecule has 2 N–H and O–H groups in total. The average Bonchev–Trinajstić information content (AvgIpc) is 2.54. The molecule has 0 aromatic heterocycles. The lowest BCUT2D eigenvalue weighted by molar-refractivity contribution is 0.116. The van der Waals surface area contributed by atoms with Crippen LogP contribution in [0.3, 0.4) is 0 Å². The van der Waals surface area contributed by atoms with Gasteiger partial charge >= 0.3 is 0 Å². The lowest BCUT2D eigenvalue weighted by Gasteiger charge is -2.38. The molecule has 1 aliphatic heterocycles. The van der Waals surface area contributed by atoms with E-state index in [4.69, 9.17) is 11.6 Å². The van der Waals surface area contributed by atoms with Crippen LogP contribution < -0.4 is 10.6 Å². The predicted molar refractivity (Wildman–Crippen MR) is 114 cm³/mol. The van der Waals surface area contributed by atoms with Crippen molar-refractivity contribution in [3.05, 3.63) is 34.9 Å². The summed E-state index contributed by atoms with van der Waals surface area (Å²) in [5.41, 5.74) is 1.15. The number of hydrogen-bond acceptors (Lipinski definition) is 3. The highest BCUT2D eigenvalue weighted by Gasteiger charge is 2.22. The molecular weight excluding hydrogens is 437 g/mol. The van der Waals surface area contributed by atoms with Gasteiger partial charge in [-0.15, -0.1) is 24.0 Å². The Morgan fingerprint density at radius 3 is 2.79 bits per heavy atom. The van der Waals surface area contributed by atoms with E-state index in [0.29, 0.717) is 6.04 Å². The van der Waals surface area contributed by atoms with Gasteiger partial charge in [-0.2, -0.15) is 0 Å². The normalized spacial score (nSPS) is 21.0. The Labute approximate surface area is 167 Å². The third-order valence-corrected chi connectivity index (χ3v) is 4.65. The largest absolute Gasteiger partial charge is 0.355 e. The van der Waals surface area contributed by atoms with Gasteiger partial charge in [-0.05, 0) is 38.7 Å². The van der Waals surface area contributed by atoms with Gasteiger partial charge in [0.1, 0.15) is 0 Å². The molecule has 1 aliphatic rings. The molecule has 0 saturated carbocycles. The van der Waals surface area contributed by atoms with Crippen molar-refractivity contribution in [3.8, 4) is 0 Å². The third kappa shape index (κ3) is 6.38. The van der Waals surface area contributed by atoms with Crippen molar-refractivity contribution in [1.82, 2.24) is 20.4 Å². The predicted octanol–water partition coefficient (Wildman–Crippen LogP) is 2.43. The van der Waals surface area contributed by atoms with Crippen LogP contribution in [0.5, 0.6) is 0 Å². The van der Waals surface area contributed by atoms with Gasteiger partial charge in [-0.25, -0.2) is 0 Å². The number of rotatable bonds is 4. The molecule has 2 unspecified atom stereocenters. The first-order valence-corrected chi connectivity index (χ1v) is 8.49. The zero-order valence-corrected chi connectivity index (χ0v) is 18.0. The summed E-state index contributed by atoms with van der Waals surface area (Å²) in [6.07, 6.45) is 0. The standard InChI is InChI=1S/C17H28ClN5.HI/c1-13(14-6-5-7-15(18)10-14)21-17(19-2)20-11-16-12-22(3)8-9-23(16)4;/h5-7,10,13,16H,8-9,11-12H2,1-4H3,(H2,19,20,21);1H. The summed E-state index contributed by atoms with van der Waals surface area (Å²) in [5.74, 6) is 0.819. The highest BCUT2D eigenvalue weighted by molar-refractivity contribution is 14.0. The van der Waals surface area contributed by atoms with Gasteiger partial charge in [0.25, 0.3) is 0 Å². The first-order chi connectivity index (χ1) is 11.0. The first-order valence-electron chi connectivity index (χ1n) is 8.11. The molecular formula is C17H29ClIN5. The molecule has 5 nitrogen and oxygen atoms in total. The Balaban J connectivity index is 0.00000288. The Hall–Kier alpha value is -0.570. The number of likely N-dealkylation sites (N-methyl/N-ethyl adjacent to an activating group) is 2. The van der Waals surface area contributed by atoms with Gasteiger partial charge in [-0.1, -0.05) is 23.7 Å². The quantitative estimate of drug-likeness (QED) is 0.407. The third-order valence-electron chi connectivity index (χ3n) is 4.41. The van der Waals surface area contributed by atoms with Crippen LogP contribution >= 0.6 is 35.6 Å². The van der Waals surface area contributed by atoms with Crippen molar-refractivity contribution in [2.45, 2.75) is 19.0 Å². The van der Waals surface area contributed by atoms with E-state index in [-0.39, 0.29) is 30.0 Å². The van der Waals surface area contributed by atoms with Crippen molar-refractivity contribution >= 4 is 41.5 Å². The highest BCUT2D eigenvalue weighted by Crippen LogP contribution is 2.17. The van der Waals surface area contributed by atoms with E-state index in [0.717, 1.165) is 42.7 Å². The summed E-state index contributed by atoms with van der Waals surface area (Å²) in [6.45, 7) is 6.30. The molecule has 1 aromatic carbocycles. The molecule has 2 rings (SSSR count). The van der Waals surface area contributed by atoms with Crippen LogP contribution in [0.2, 0.25) is 5.02 Å².